The van der Waals surface area contributed by atoms with E-state index in [2.05, 4.69) is 16.4 Å². The molecule has 1 saturated heterocycles. The lowest BCUT2D eigenvalue weighted by Gasteiger charge is -2.23. The Morgan fingerprint density at radius 1 is 1.33 bits per heavy atom. The minimum atomic E-state index is -0.441. The van der Waals surface area contributed by atoms with Crippen LogP contribution in [0.1, 0.15) is 29.5 Å². The molecule has 1 N–H and O–H groups in total. The number of fused-ring (bicyclic) bond motifs is 1. The van der Waals surface area contributed by atoms with Crippen molar-refractivity contribution in [3.05, 3.63) is 46.7 Å². The van der Waals surface area contributed by atoms with Gasteiger partial charge in [0.05, 0.1) is 12.7 Å². The number of rotatable bonds is 4. The fourth-order valence-corrected chi connectivity index (χ4v) is 4.08. The molecule has 0 saturated carbocycles. The van der Waals surface area contributed by atoms with Crippen molar-refractivity contribution in [2.75, 3.05) is 11.9 Å². The average molecular weight is 383 g/mol. The van der Waals surface area contributed by atoms with Gasteiger partial charge in [-0.05, 0) is 49.9 Å². The molecule has 0 spiro atoms. The number of nitrogens with one attached hydrogen (secondary N) is 1. The van der Waals surface area contributed by atoms with Crippen molar-refractivity contribution in [2.45, 2.75) is 39.2 Å². The topological polar surface area (TPSA) is 75.4 Å². The summed E-state index contributed by atoms with van der Waals surface area (Å²) in [5.74, 6) is -0.216. The number of thiazole rings is 1. The molecule has 1 aliphatic rings. The van der Waals surface area contributed by atoms with Crippen LogP contribution in [0, 0.1) is 13.8 Å². The molecule has 27 heavy (non-hydrogen) atoms. The molecule has 1 aromatic carbocycles. The maximum absolute atomic E-state index is 12.9. The normalized spacial score (nSPS) is 16.8. The van der Waals surface area contributed by atoms with Crippen molar-refractivity contribution in [3.63, 3.8) is 0 Å². The van der Waals surface area contributed by atoms with Gasteiger partial charge in [-0.1, -0.05) is 0 Å². The zero-order valence-corrected chi connectivity index (χ0v) is 16.1. The quantitative estimate of drug-likeness (QED) is 0.746. The maximum atomic E-state index is 12.9. The Kier molecular flexibility index (Phi) is 4.70. The third-order valence-corrected chi connectivity index (χ3v) is 5.84. The smallest absolute Gasteiger partial charge is 0.248 e. The highest BCUT2D eigenvalue weighted by Gasteiger charge is 2.34. The molecule has 0 bridgehead atoms. The Hall–Kier alpha value is -2.67. The standard InChI is InChI=1S/C20H21N3O3S/c1-12-8-15-14(11-26-17(15)9-13(12)2)10-18(24)23-6-3-4-16(23)19(25)22-20-21-5-7-27-20/h5,7-9,11,16H,3-4,6,10H2,1-2H3,(H,21,22,25)/t16-/m1/s1. The summed E-state index contributed by atoms with van der Waals surface area (Å²) < 4.78 is 5.64. The van der Waals surface area contributed by atoms with Gasteiger partial charge in [0.1, 0.15) is 11.6 Å². The number of hydrogen-bond donors (Lipinski definition) is 1. The van der Waals surface area contributed by atoms with Crippen molar-refractivity contribution < 1.29 is 14.0 Å². The van der Waals surface area contributed by atoms with Gasteiger partial charge < -0.3 is 14.6 Å². The molecule has 0 unspecified atom stereocenters. The summed E-state index contributed by atoms with van der Waals surface area (Å²) in [6.45, 7) is 4.69. The number of carbonyl (C=O) groups excluding carboxylic acids is 2. The van der Waals surface area contributed by atoms with Crippen LogP contribution in [-0.2, 0) is 16.0 Å². The maximum Gasteiger partial charge on any atom is 0.248 e. The van der Waals surface area contributed by atoms with Gasteiger partial charge in [0.25, 0.3) is 0 Å². The molecule has 0 aliphatic carbocycles. The fraction of sp³-hybridized carbons (Fsp3) is 0.350. The van der Waals surface area contributed by atoms with Gasteiger partial charge in [0, 0.05) is 29.1 Å². The number of likely N-dealkylation sites (tertiary alicyclic amines) is 1. The van der Waals surface area contributed by atoms with E-state index < -0.39 is 6.04 Å². The van der Waals surface area contributed by atoms with Gasteiger partial charge in [0.2, 0.25) is 11.8 Å². The first kappa shape index (κ1) is 17.7. The number of hydrogen-bond acceptors (Lipinski definition) is 5. The Balaban J connectivity index is 1.50. The van der Waals surface area contributed by atoms with Crippen molar-refractivity contribution in [2.24, 2.45) is 0 Å². The highest BCUT2D eigenvalue weighted by molar-refractivity contribution is 7.13. The minimum absolute atomic E-state index is 0.0484. The van der Waals surface area contributed by atoms with Crippen LogP contribution in [0.5, 0.6) is 0 Å². The van der Waals surface area contributed by atoms with Crippen LogP contribution in [0.2, 0.25) is 0 Å². The molecule has 0 radical (unpaired) electrons. The summed E-state index contributed by atoms with van der Waals surface area (Å²) in [5.41, 5.74) is 3.98. The molecular weight excluding hydrogens is 362 g/mol. The molecular formula is C20H21N3O3S. The number of anilines is 1. The first-order valence-electron chi connectivity index (χ1n) is 9.00. The van der Waals surface area contributed by atoms with Crippen LogP contribution in [0.3, 0.4) is 0 Å². The Morgan fingerprint density at radius 2 is 2.15 bits per heavy atom. The number of carbonyl (C=O) groups is 2. The molecule has 3 heterocycles. The number of aryl methyl sites for hydroxylation is 2. The van der Waals surface area contributed by atoms with Crippen molar-refractivity contribution >= 4 is 39.3 Å². The summed E-state index contributed by atoms with van der Waals surface area (Å²) >= 11 is 1.37. The van der Waals surface area contributed by atoms with Crippen molar-refractivity contribution in [1.29, 1.82) is 0 Å². The average Bonchev–Trinajstić information content (AvgIpc) is 3.37. The number of benzene rings is 1. The second-order valence-electron chi connectivity index (χ2n) is 6.94. The summed E-state index contributed by atoms with van der Waals surface area (Å²) in [6.07, 6.45) is 5.03. The van der Waals surface area contributed by atoms with E-state index in [4.69, 9.17) is 4.42 Å². The molecule has 2 amide bonds. The van der Waals surface area contributed by atoms with Gasteiger partial charge in [-0.3, -0.25) is 9.59 Å². The molecule has 7 heteroatoms. The van der Waals surface area contributed by atoms with Crippen LogP contribution < -0.4 is 5.32 Å². The highest BCUT2D eigenvalue weighted by Crippen LogP contribution is 2.27. The van der Waals surface area contributed by atoms with E-state index in [0.717, 1.165) is 28.5 Å². The summed E-state index contributed by atoms with van der Waals surface area (Å²) in [5, 5.41) is 6.14. The monoisotopic (exact) mass is 383 g/mol. The van der Waals surface area contributed by atoms with Gasteiger partial charge >= 0.3 is 0 Å². The largest absolute Gasteiger partial charge is 0.464 e. The Labute approximate surface area is 161 Å². The third kappa shape index (κ3) is 3.47. The van der Waals surface area contributed by atoms with Gasteiger partial charge in [-0.2, -0.15) is 0 Å². The van der Waals surface area contributed by atoms with E-state index in [1.54, 1.807) is 22.7 Å². The second-order valence-corrected chi connectivity index (χ2v) is 7.84. The van der Waals surface area contributed by atoms with Crippen LogP contribution in [-0.4, -0.2) is 34.3 Å². The third-order valence-electron chi connectivity index (χ3n) is 5.15. The van der Waals surface area contributed by atoms with Gasteiger partial charge in [-0.15, -0.1) is 11.3 Å². The van der Waals surface area contributed by atoms with E-state index in [1.165, 1.54) is 16.9 Å². The first-order valence-corrected chi connectivity index (χ1v) is 9.88. The first-order chi connectivity index (χ1) is 13.0. The van der Waals surface area contributed by atoms with Crippen molar-refractivity contribution in [1.82, 2.24) is 9.88 Å². The molecule has 6 nitrogen and oxygen atoms in total. The Bertz CT molecular complexity index is 993. The zero-order chi connectivity index (χ0) is 19.0. The predicted molar refractivity (Wildman–Crippen MR) is 105 cm³/mol. The van der Waals surface area contributed by atoms with Gasteiger partial charge in [-0.25, -0.2) is 4.98 Å². The van der Waals surface area contributed by atoms with Crippen LogP contribution in [0.4, 0.5) is 5.13 Å². The zero-order valence-electron chi connectivity index (χ0n) is 15.3. The number of nitrogens with zero attached hydrogens (tertiary/aromatic N) is 2. The lowest BCUT2D eigenvalue weighted by molar-refractivity contribution is -0.136. The molecule has 1 atom stereocenters. The molecule has 3 aromatic rings. The number of furan rings is 1. The van der Waals surface area contributed by atoms with E-state index in [0.29, 0.717) is 18.1 Å². The summed E-state index contributed by atoms with van der Waals surface area (Å²) in [6, 6.07) is 3.62. The second kappa shape index (κ2) is 7.15. The lowest BCUT2D eigenvalue weighted by atomic mass is 10.0. The predicted octanol–water partition coefficient (Wildman–Crippen LogP) is 3.68. The van der Waals surface area contributed by atoms with E-state index >= 15 is 0 Å². The highest BCUT2D eigenvalue weighted by atomic mass is 32.1. The summed E-state index contributed by atoms with van der Waals surface area (Å²) in [7, 11) is 0. The van der Waals surface area contributed by atoms with Crippen LogP contribution in [0.15, 0.2) is 34.4 Å². The van der Waals surface area contributed by atoms with E-state index in [1.807, 2.05) is 19.9 Å². The number of amides is 2. The molecule has 1 fully saturated rings. The van der Waals surface area contributed by atoms with Crippen LogP contribution in [0.25, 0.3) is 11.0 Å². The summed E-state index contributed by atoms with van der Waals surface area (Å²) in [4.78, 5) is 31.2. The van der Waals surface area contributed by atoms with Gasteiger partial charge in [0.15, 0.2) is 5.13 Å². The molecule has 140 valence electrons. The van der Waals surface area contributed by atoms with E-state index in [9.17, 15) is 9.59 Å². The van der Waals surface area contributed by atoms with Crippen LogP contribution >= 0.6 is 11.3 Å². The molecule has 1 aliphatic heterocycles. The fourth-order valence-electron chi connectivity index (χ4n) is 3.55. The lowest BCUT2D eigenvalue weighted by Crippen LogP contribution is -2.43. The molecule has 4 rings (SSSR count). The van der Waals surface area contributed by atoms with Crippen molar-refractivity contribution in [3.8, 4) is 0 Å². The Morgan fingerprint density at radius 3 is 2.93 bits per heavy atom. The number of aromatic nitrogens is 1. The van der Waals surface area contributed by atoms with E-state index in [-0.39, 0.29) is 18.2 Å². The minimum Gasteiger partial charge on any atom is -0.464 e. The SMILES string of the molecule is Cc1cc2occ(CC(=O)N3CCC[C@@H]3C(=O)Nc3nccs3)c2cc1C. The molecule has 2 aromatic heterocycles.